The summed E-state index contributed by atoms with van der Waals surface area (Å²) in [7, 11) is 0. The number of rotatable bonds is 6. The average molecular weight is 317 g/mol. The predicted molar refractivity (Wildman–Crippen MR) is 87.7 cm³/mol. The highest BCUT2D eigenvalue weighted by atomic mass is 16.2. The Morgan fingerprint density at radius 1 is 1.39 bits per heavy atom. The summed E-state index contributed by atoms with van der Waals surface area (Å²) in [5.74, 6) is -0.315. The van der Waals surface area contributed by atoms with Gasteiger partial charge in [0.05, 0.1) is 6.04 Å². The maximum atomic E-state index is 12.2. The Morgan fingerprint density at radius 3 is 2.52 bits per heavy atom. The number of nitrogens with zero attached hydrogens (tertiary/aromatic N) is 1. The first-order valence-electron chi connectivity index (χ1n) is 7.71. The maximum absolute atomic E-state index is 12.2. The smallest absolute Gasteiger partial charge is 0.243 e. The molecule has 1 fully saturated rings. The lowest BCUT2D eigenvalue weighted by Crippen LogP contribution is -2.61. The van der Waals surface area contributed by atoms with E-state index in [1.807, 2.05) is 19.1 Å². The number of amides is 2. The van der Waals surface area contributed by atoms with Gasteiger partial charge in [0.15, 0.2) is 0 Å². The second kappa shape index (κ2) is 7.23. The summed E-state index contributed by atoms with van der Waals surface area (Å²) in [5, 5.41) is 10.2. The van der Waals surface area contributed by atoms with Gasteiger partial charge >= 0.3 is 0 Å². The van der Waals surface area contributed by atoms with Crippen molar-refractivity contribution in [3.8, 4) is 0 Å². The van der Waals surface area contributed by atoms with Gasteiger partial charge in [0.2, 0.25) is 11.8 Å². The van der Waals surface area contributed by atoms with E-state index < -0.39 is 12.1 Å². The lowest BCUT2D eigenvalue weighted by molar-refractivity contribution is -0.148. The SMILES string of the molecule is CC[C@@H](N)C(=O)N1CC[C@H]1C(=O)NCc1ccc(C(=N)N)cc1. The minimum atomic E-state index is -0.537. The van der Waals surface area contributed by atoms with Crippen molar-refractivity contribution in [2.45, 2.75) is 38.4 Å². The lowest BCUT2D eigenvalue weighted by Gasteiger charge is -2.40. The van der Waals surface area contributed by atoms with E-state index in [-0.39, 0.29) is 17.6 Å². The molecule has 0 aliphatic carbocycles. The molecule has 6 N–H and O–H groups in total. The lowest BCUT2D eigenvalue weighted by atomic mass is 10.00. The summed E-state index contributed by atoms with van der Waals surface area (Å²) in [6.07, 6.45) is 1.23. The van der Waals surface area contributed by atoms with Gasteiger partial charge in [-0.3, -0.25) is 15.0 Å². The maximum Gasteiger partial charge on any atom is 0.243 e. The van der Waals surface area contributed by atoms with Crippen LogP contribution in [0.3, 0.4) is 0 Å². The molecule has 7 heteroatoms. The van der Waals surface area contributed by atoms with E-state index in [1.165, 1.54) is 0 Å². The third-order valence-electron chi connectivity index (χ3n) is 4.09. The number of benzene rings is 1. The van der Waals surface area contributed by atoms with E-state index in [1.54, 1.807) is 17.0 Å². The van der Waals surface area contributed by atoms with Gasteiger partial charge in [-0.05, 0) is 18.4 Å². The van der Waals surface area contributed by atoms with E-state index in [0.717, 1.165) is 5.56 Å². The first-order chi connectivity index (χ1) is 10.9. The molecule has 0 spiro atoms. The Morgan fingerprint density at radius 2 is 2.04 bits per heavy atom. The fourth-order valence-electron chi connectivity index (χ4n) is 2.42. The standard InChI is InChI=1S/C16H23N5O2/c1-2-12(17)16(23)21-8-7-13(21)15(22)20-9-10-3-5-11(6-4-10)14(18)19/h3-6,12-13H,2,7-9,17H2,1H3,(H3,18,19)(H,20,22)/t12-,13+/m1/s1. The van der Waals surface area contributed by atoms with Gasteiger partial charge in [0, 0.05) is 18.7 Å². The van der Waals surface area contributed by atoms with Crippen LogP contribution in [0.2, 0.25) is 0 Å². The Kier molecular flexibility index (Phi) is 5.33. The van der Waals surface area contributed by atoms with Crippen LogP contribution >= 0.6 is 0 Å². The first-order valence-corrected chi connectivity index (χ1v) is 7.71. The van der Waals surface area contributed by atoms with E-state index in [2.05, 4.69) is 5.32 Å². The molecule has 1 saturated heterocycles. The number of nitrogens with one attached hydrogen (secondary N) is 2. The van der Waals surface area contributed by atoms with Crippen molar-refractivity contribution in [2.75, 3.05) is 6.54 Å². The fraction of sp³-hybridized carbons (Fsp3) is 0.438. The topological polar surface area (TPSA) is 125 Å². The molecule has 0 unspecified atom stereocenters. The molecule has 0 bridgehead atoms. The van der Waals surface area contributed by atoms with Crippen molar-refractivity contribution in [2.24, 2.45) is 11.5 Å². The van der Waals surface area contributed by atoms with Gasteiger partial charge in [-0.15, -0.1) is 0 Å². The summed E-state index contributed by atoms with van der Waals surface area (Å²) < 4.78 is 0. The number of carbonyl (C=O) groups is 2. The third-order valence-corrected chi connectivity index (χ3v) is 4.09. The van der Waals surface area contributed by atoms with Crippen LogP contribution in [0.5, 0.6) is 0 Å². The number of hydrogen-bond acceptors (Lipinski definition) is 4. The summed E-state index contributed by atoms with van der Waals surface area (Å²) in [5.41, 5.74) is 12.7. The van der Waals surface area contributed by atoms with Gasteiger partial charge in [-0.2, -0.15) is 0 Å². The van der Waals surface area contributed by atoms with Gasteiger partial charge in [-0.1, -0.05) is 31.2 Å². The molecule has 1 aliphatic rings. The zero-order valence-electron chi connectivity index (χ0n) is 13.2. The number of carbonyl (C=O) groups excluding carboxylic acids is 2. The van der Waals surface area contributed by atoms with E-state index in [4.69, 9.17) is 16.9 Å². The Labute approximate surface area is 135 Å². The molecule has 23 heavy (non-hydrogen) atoms. The van der Waals surface area contributed by atoms with E-state index in [0.29, 0.717) is 31.5 Å². The van der Waals surface area contributed by atoms with Crippen molar-refractivity contribution in [1.82, 2.24) is 10.2 Å². The average Bonchev–Trinajstić information content (AvgIpc) is 2.51. The molecule has 1 heterocycles. The van der Waals surface area contributed by atoms with Crippen molar-refractivity contribution < 1.29 is 9.59 Å². The number of nitrogens with two attached hydrogens (primary N) is 2. The summed E-state index contributed by atoms with van der Waals surface area (Å²) in [6, 6.07) is 6.15. The Bertz CT molecular complexity index is 599. The molecule has 0 aromatic heterocycles. The summed E-state index contributed by atoms with van der Waals surface area (Å²) >= 11 is 0. The molecule has 2 atom stereocenters. The Balaban J connectivity index is 1.87. The van der Waals surface area contributed by atoms with E-state index in [9.17, 15) is 9.59 Å². The quantitative estimate of drug-likeness (QED) is 0.432. The highest BCUT2D eigenvalue weighted by molar-refractivity contribution is 5.95. The first kappa shape index (κ1) is 17.0. The fourth-order valence-corrected chi connectivity index (χ4v) is 2.42. The van der Waals surface area contributed by atoms with Gasteiger partial charge in [0.1, 0.15) is 11.9 Å². The molecule has 0 radical (unpaired) electrons. The van der Waals surface area contributed by atoms with Crippen LogP contribution in [0.25, 0.3) is 0 Å². The molecule has 7 nitrogen and oxygen atoms in total. The number of likely N-dealkylation sites (tertiary alicyclic amines) is 1. The van der Waals surface area contributed by atoms with Crippen LogP contribution < -0.4 is 16.8 Å². The van der Waals surface area contributed by atoms with Crippen molar-refractivity contribution >= 4 is 17.6 Å². The largest absolute Gasteiger partial charge is 0.384 e. The number of amidine groups is 1. The van der Waals surface area contributed by atoms with Gasteiger partial charge in [0.25, 0.3) is 0 Å². The summed E-state index contributed by atoms with van der Waals surface area (Å²) in [6.45, 7) is 2.80. The van der Waals surface area contributed by atoms with E-state index >= 15 is 0 Å². The number of hydrogen-bond donors (Lipinski definition) is 4. The highest BCUT2D eigenvalue weighted by Crippen LogP contribution is 2.19. The minimum Gasteiger partial charge on any atom is -0.384 e. The van der Waals surface area contributed by atoms with Gasteiger partial charge < -0.3 is 21.7 Å². The molecular weight excluding hydrogens is 294 g/mol. The molecular formula is C16H23N5O2. The molecule has 0 saturated carbocycles. The predicted octanol–water partition coefficient (Wildman–Crippen LogP) is -0.0749. The number of nitrogen functional groups attached to an aromatic ring is 1. The van der Waals surface area contributed by atoms with Crippen molar-refractivity contribution in [1.29, 1.82) is 5.41 Å². The summed E-state index contributed by atoms with van der Waals surface area (Å²) in [4.78, 5) is 25.8. The van der Waals surface area contributed by atoms with Crippen molar-refractivity contribution in [3.63, 3.8) is 0 Å². The molecule has 2 amide bonds. The molecule has 2 rings (SSSR count). The normalized spacial score (nSPS) is 18.0. The van der Waals surface area contributed by atoms with Crippen LogP contribution in [0, 0.1) is 5.41 Å². The highest BCUT2D eigenvalue weighted by Gasteiger charge is 2.38. The molecule has 1 aromatic carbocycles. The third kappa shape index (κ3) is 3.87. The van der Waals surface area contributed by atoms with Crippen LogP contribution in [-0.4, -0.2) is 41.2 Å². The second-order valence-electron chi connectivity index (χ2n) is 5.68. The van der Waals surface area contributed by atoms with Crippen molar-refractivity contribution in [3.05, 3.63) is 35.4 Å². The monoisotopic (exact) mass is 317 g/mol. The van der Waals surface area contributed by atoms with Gasteiger partial charge in [-0.25, -0.2) is 0 Å². The zero-order valence-corrected chi connectivity index (χ0v) is 13.2. The Hall–Kier alpha value is -2.41. The van der Waals surface area contributed by atoms with Crippen LogP contribution in [-0.2, 0) is 16.1 Å². The zero-order chi connectivity index (χ0) is 17.0. The molecule has 124 valence electrons. The minimum absolute atomic E-state index is 0.0106. The van der Waals surface area contributed by atoms with Crippen LogP contribution in [0.15, 0.2) is 24.3 Å². The second-order valence-corrected chi connectivity index (χ2v) is 5.68. The van der Waals surface area contributed by atoms with Crippen LogP contribution in [0.4, 0.5) is 0 Å². The molecule has 1 aromatic rings. The van der Waals surface area contributed by atoms with Crippen LogP contribution in [0.1, 0.15) is 30.9 Å². The molecule has 1 aliphatic heterocycles.